The first kappa shape index (κ1) is 17.3. The standard InChI is InChI=1S/C12H15F2NO5S/c13-8-6-9(14)12(10(7-8)21(15,18)19)20-5-3-1-2-4-11(16)17/h6-7H,1-5H2,(H,16,17)(H2,15,18,19). The van der Waals surface area contributed by atoms with Gasteiger partial charge in [0.25, 0.3) is 0 Å². The Balaban J connectivity index is 2.69. The topological polar surface area (TPSA) is 107 Å². The molecule has 0 aliphatic carbocycles. The second-order valence-electron chi connectivity index (χ2n) is 4.31. The Labute approximate surface area is 120 Å². The van der Waals surface area contributed by atoms with Crippen molar-refractivity contribution in [2.45, 2.75) is 30.6 Å². The van der Waals surface area contributed by atoms with Crippen LogP contribution in [-0.2, 0) is 14.8 Å². The molecule has 0 fully saturated rings. The zero-order chi connectivity index (χ0) is 16.0. The fourth-order valence-electron chi connectivity index (χ4n) is 1.62. The molecule has 0 amide bonds. The van der Waals surface area contributed by atoms with Gasteiger partial charge in [-0.05, 0) is 25.3 Å². The third-order valence-corrected chi connectivity index (χ3v) is 3.48. The Hall–Kier alpha value is -1.74. The molecule has 6 nitrogen and oxygen atoms in total. The maximum atomic E-state index is 13.6. The highest BCUT2D eigenvalue weighted by atomic mass is 32.2. The molecule has 0 saturated carbocycles. The van der Waals surface area contributed by atoms with E-state index in [1.165, 1.54) is 0 Å². The van der Waals surface area contributed by atoms with Crippen molar-refractivity contribution in [3.63, 3.8) is 0 Å². The summed E-state index contributed by atoms with van der Waals surface area (Å²) in [5, 5.41) is 13.3. The zero-order valence-electron chi connectivity index (χ0n) is 11.0. The maximum absolute atomic E-state index is 13.6. The smallest absolute Gasteiger partial charge is 0.303 e. The lowest BCUT2D eigenvalue weighted by Crippen LogP contribution is -2.15. The molecule has 0 unspecified atom stereocenters. The van der Waals surface area contributed by atoms with Gasteiger partial charge in [0.15, 0.2) is 11.6 Å². The average molecular weight is 323 g/mol. The van der Waals surface area contributed by atoms with Crippen LogP contribution in [0.5, 0.6) is 5.75 Å². The third kappa shape index (κ3) is 5.64. The van der Waals surface area contributed by atoms with Crippen molar-refractivity contribution < 1.29 is 31.8 Å². The number of ether oxygens (including phenoxy) is 1. The Kier molecular flexibility index (Phi) is 6.03. The molecule has 0 saturated heterocycles. The van der Waals surface area contributed by atoms with Crippen molar-refractivity contribution in [3.05, 3.63) is 23.8 Å². The number of rotatable bonds is 8. The van der Waals surface area contributed by atoms with Gasteiger partial charge >= 0.3 is 5.97 Å². The molecule has 0 radical (unpaired) electrons. The molecule has 21 heavy (non-hydrogen) atoms. The number of sulfonamides is 1. The van der Waals surface area contributed by atoms with Gasteiger partial charge in [-0.25, -0.2) is 22.3 Å². The Morgan fingerprint density at radius 2 is 1.90 bits per heavy atom. The second kappa shape index (κ2) is 7.32. The summed E-state index contributed by atoms with van der Waals surface area (Å²) >= 11 is 0. The fourth-order valence-corrected chi connectivity index (χ4v) is 2.31. The highest BCUT2D eigenvalue weighted by molar-refractivity contribution is 7.89. The maximum Gasteiger partial charge on any atom is 0.303 e. The third-order valence-electron chi connectivity index (χ3n) is 2.56. The quantitative estimate of drug-likeness (QED) is 0.707. The van der Waals surface area contributed by atoms with Crippen LogP contribution in [0, 0.1) is 11.6 Å². The number of primary sulfonamides is 1. The number of hydrogen-bond acceptors (Lipinski definition) is 4. The number of carboxylic acid groups (broad SMARTS) is 1. The van der Waals surface area contributed by atoms with Crippen LogP contribution in [0.2, 0.25) is 0 Å². The minimum Gasteiger partial charge on any atom is -0.489 e. The van der Waals surface area contributed by atoms with Gasteiger partial charge < -0.3 is 9.84 Å². The van der Waals surface area contributed by atoms with Gasteiger partial charge in [0, 0.05) is 12.5 Å². The SMILES string of the molecule is NS(=O)(=O)c1cc(F)cc(F)c1OCCCCCC(=O)O. The van der Waals surface area contributed by atoms with E-state index in [2.05, 4.69) is 0 Å². The van der Waals surface area contributed by atoms with Crippen molar-refractivity contribution >= 4 is 16.0 Å². The number of benzene rings is 1. The first-order valence-electron chi connectivity index (χ1n) is 6.08. The number of carboxylic acids is 1. The summed E-state index contributed by atoms with van der Waals surface area (Å²) < 4.78 is 54.1. The molecule has 0 aliphatic rings. The minimum absolute atomic E-state index is 0.00728. The van der Waals surface area contributed by atoms with Gasteiger partial charge in [0.1, 0.15) is 10.7 Å². The molecule has 1 aromatic carbocycles. The van der Waals surface area contributed by atoms with Gasteiger partial charge in [-0.15, -0.1) is 0 Å². The van der Waals surface area contributed by atoms with E-state index in [-0.39, 0.29) is 13.0 Å². The lowest BCUT2D eigenvalue weighted by Gasteiger charge is -2.11. The van der Waals surface area contributed by atoms with Gasteiger partial charge in [-0.2, -0.15) is 0 Å². The van der Waals surface area contributed by atoms with Crippen LogP contribution in [-0.4, -0.2) is 26.1 Å². The molecule has 118 valence electrons. The van der Waals surface area contributed by atoms with E-state index in [1.807, 2.05) is 0 Å². The van der Waals surface area contributed by atoms with Crippen LogP contribution in [0.25, 0.3) is 0 Å². The highest BCUT2D eigenvalue weighted by Crippen LogP contribution is 2.27. The number of halogens is 2. The van der Waals surface area contributed by atoms with Gasteiger partial charge in [0.2, 0.25) is 10.0 Å². The number of nitrogens with two attached hydrogens (primary N) is 1. The van der Waals surface area contributed by atoms with Gasteiger partial charge in [-0.3, -0.25) is 4.79 Å². The molecular weight excluding hydrogens is 308 g/mol. The molecule has 9 heteroatoms. The van der Waals surface area contributed by atoms with Crippen LogP contribution in [0.4, 0.5) is 8.78 Å². The fraction of sp³-hybridized carbons (Fsp3) is 0.417. The van der Waals surface area contributed by atoms with E-state index in [0.29, 0.717) is 31.4 Å². The molecule has 0 aliphatic heterocycles. The second-order valence-corrected chi connectivity index (χ2v) is 5.84. The largest absolute Gasteiger partial charge is 0.489 e. The lowest BCUT2D eigenvalue weighted by molar-refractivity contribution is -0.137. The highest BCUT2D eigenvalue weighted by Gasteiger charge is 2.21. The summed E-state index contributed by atoms with van der Waals surface area (Å²) in [6.45, 7) is -0.0370. The number of aliphatic carboxylic acids is 1. The van der Waals surface area contributed by atoms with E-state index in [0.717, 1.165) is 0 Å². The first-order valence-corrected chi connectivity index (χ1v) is 7.63. The van der Waals surface area contributed by atoms with E-state index in [9.17, 15) is 22.0 Å². The van der Waals surface area contributed by atoms with Crippen molar-refractivity contribution in [3.8, 4) is 5.75 Å². The summed E-state index contributed by atoms with van der Waals surface area (Å²) in [5.41, 5.74) is 0. The molecule has 0 aromatic heterocycles. The van der Waals surface area contributed by atoms with Crippen LogP contribution in [0.1, 0.15) is 25.7 Å². The van der Waals surface area contributed by atoms with Crippen LogP contribution in [0.3, 0.4) is 0 Å². The normalized spacial score (nSPS) is 11.4. The van der Waals surface area contributed by atoms with Gasteiger partial charge in [-0.1, -0.05) is 0 Å². The zero-order valence-corrected chi connectivity index (χ0v) is 11.8. The summed E-state index contributed by atoms with van der Waals surface area (Å²) in [6.07, 6.45) is 1.34. The molecule has 0 heterocycles. The molecular formula is C12H15F2NO5S. The molecule has 0 spiro atoms. The van der Waals surface area contributed by atoms with Gasteiger partial charge in [0.05, 0.1) is 6.61 Å². The Morgan fingerprint density at radius 3 is 2.48 bits per heavy atom. The van der Waals surface area contributed by atoms with Crippen LogP contribution < -0.4 is 9.88 Å². The number of unbranched alkanes of at least 4 members (excludes halogenated alkanes) is 2. The van der Waals surface area contributed by atoms with E-state index >= 15 is 0 Å². The molecule has 3 N–H and O–H groups in total. The number of carbonyl (C=O) groups is 1. The molecule has 1 rings (SSSR count). The summed E-state index contributed by atoms with van der Waals surface area (Å²) in [7, 11) is -4.32. The van der Waals surface area contributed by atoms with Crippen molar-refractivity contribution in [1.82, 2.24) is 0 Å². The van der Waals surface area contributed by atoms with Crippen LogP contribution >= 0.6 is 0 Å². The molecule has 0 atom stereocenters. The monoisotopic (exact) mass is 323 g/mol. The average Bonchev–Trinajstić information content (AvgIpc) is 2.33. The first-order chi connectivity index (χ1) is 9.71. The summed E-state index contributed by atoms with van der Waals surface area (Å²) in [4.78, 5) is 9.53. The van der Waals surface area contributed by atoms with Crippen molar-refractivity contribution in [2.75, 3.05) is 6.61 Å². The Morgan fingerprint density at radius 1 is 1.24 bits per heavy atom. The minimum atomic E-state index is -4.32. The number of hydrogen-bond donors (Lipinski definition) is 2. The molecule has 0 bridgehead atoms. The van der Waals surface area contributed by atoms with Crippen molar-refractivity contribution in [1.29, 1.82) is 0 Å². The predicted molar refractivity (Wildman–Crippen MR) is 69.3 cm³/mol. The van der Waals surface area contributed by atoms with E-state index in [1.54, 1.807) is 0 Å². The lowest BCUT2D eigenvalue weighted by atomic mass is 10.2. The molecule has 1 aromatic rings. The van der Waals surface area contributed by atoms with E-state index in [4.69, 9.17) is 15.0 Å². The Bertz CT molecular complexity index is 618. The van der Waals surface area contributed by atoms with Crippen molar-refractivity contribution in [2.24, 2.45) is 5.14 Å². The van der Waals surface area contributed by atoms with E-state index < -0.39 is 38.3 Å². The summed E-state index contributed by atoms with van der Waals surface area (Å²) in [5.74, 6) is -3.79. The summed E-state index contributed by atoms with van der Waals surface area (Å²) in [6, 6.07) is 1.08. The predicted octanol–water partition coefficient (Wildman–Crippen LogP) is 1.64. The van der Waals surface area contributed by atoms with Crippen LogP contribution in [0.15, 0.2) is 17.0 Å².